The molecular weight excluding hydrogens is 244 g/mol. The molecule has 0 aliphatic heterocycles. The molecule has 0 saturated heterocycles. The molecule has 1 N–H and O–H groups in total. The lowest BCUT2D eigenvalue weighted by atomic mass is 10.1. The summed E-state index contributed by atoms with van der Waals surface area (Å²) in [6, 6.07) is 5.66. The van der Waals surface area contributed by atoms with Gasteiger partial charge >= 0.3 is 0 Å². The fourth-order valence-corrected chi connectivity index (χ4v) is 2.06. The van der Waals surface area contributed by atoms with Gasteiger partial charge in [-0.05, 0) is 34.0 Å². The Morgan fingerprint density at radius 2 is 2.21 bits per heavy atom. The second-order valence-electron chi connectivity index (χ2n) is 3.17. The summed E-state index contributed by atoms with van der Waals surface area (Å²) in [4.78, 5) is 0. The van der Waals surface area contributed by atoms with E-state index in [1.807, 2.05) is 18.2 Å². The highest BCUT2D eigenvalue weighted by Crippen LogP contribution is 2.33. The van der Waals surface area contributed by atoms with Crippen molar-refractivity contribution < 1.29 is 9.84 Å². The molecule has 3 heteroatoms. The Labute approximate surface area is 93.0 Å². The third-order valence-electron chi connectivity index (χ3n) is 2.13. The Balaban J connectivity index is 2.96. The van der Waals surface area contributed by atoms with Crippen LogP contribution in [-0.4, -0.2) is 12.2 Å². The molecule has 0 radical (unpaired) electrons. The summed E-state index contributed by atoms with van der Waals surface area (Å²) in [5.41, 5.74) is 0.895. The predicted molar refractivity (Wildman–Crippen MR) is 60.6 cm³/mol. The second-order valence-corrected chi connectivity index (χ2v) is 3.96. The first-order valence-corrected chi connectivity index (χ1v) is 5.50. The van der Waals surface area contributed by atoms with E-state index in [-0.39, 0.29) is 0 Å². The number of benzene rings is 1. The van der Waals surface area contributed by atoms with Gasteiger partial charge in [0.15, 0.2) is 0 Å². The van der Waals surface area contributed by atoms with E-state index in [2.05, 4.69) is 22.9 Å². The molecule has 14 heavy (non-hydrogen) atoms. The van der Waals surface area contributed by atoms with E-state index >= 15 is 0 Å². The minimum Gasteiger partial charge on any atom is -0.496 e. The lowest BCUT2D eigenvalue weighted by Crippen LogP contribution is -1.99. The largest absolute Gasteiger partial charge is 0.496 e. The van der Waals surface area contributed by atoms with E-state index < -0.39 is 6.10 Å². The molecule has 1 rings (SSSR count). The van der Waals surface area contributed by atoms with Gasteiger partial charge in [0, 0.05) is 0 Å². The van der Waals surface area contributed by atoms with Gasteiger partial charge in [-0.1, -0.05) is 25.5 Å². The van der Waals surface area contributed by atoms with Gasteiger partial charge in [-0.25, -0.2) is 0 Å². The molecule has 0 spiro atoms. The number of hydrogen-bond donors (Lipinski definition) is 1. The van der Waals surface area contributed by atoms with Crippen LogP contribution in [0.3, 0.4) is 0 Å². The molecule has 0 unspecified atom stereocenters. The molecule has 0 saturated carbocycles. The van der Waals surface area contributed by atoms with Crippen molar-refractivity contribution >= 4 is 15.9 Å². The van der Waals surface area contributed by atoms with Gasteiger partial charge in [-0.3, -0.25) is 0 Å². The van der Waals surface area contributed by atoms with Gasteiger partial charge in [-0.2, -0.15) is 0 Å². The Morgan fingerprint density at radius 1 is 1.50 bits per heavy atom. The topological polar surface area (TPSA) is 29.5 Å². The standard InChI is InChI=1S/C11H15BrO2/c1-3-5-9(13)8-6-4-7-10(14-2)11(8)12/h4,6-7,9,13H,3,5H2,1-2H3/t9-/m0/s1. The molecule has 0 amide bonds. The van der Waals surface area contributed by atoms with Crippen LogP contribution in [-0.2, 0) is 0 Å². The van der Waals surface area contributed by atoms with Crippen LogP contribution in [0.15, 0.2) is 22.7 Å². The van der Waals surface area contributed by atoms with Crippen LogP contribution in [0.4, 0.5) is 0 Å². The van der Waals surface area contributed by atoms with Gasteiger partial charge in [0.05, 0.1) is 17.7 Å². The minimum atomic E-state index is -0.413. The van der Waals surface area contributed by atoms with Crippen molar-refractivity contribution in [3.05, 3.63) is 28.2 Å². The summed E-state index contributed by atoms with van der Waals surface area (Å²) >= 11 is 3.43. The van der Waals surface area contributed by atoms with Crippen molar-refractivity contribution in [1.82, 2.24) is 0 Å². The van der Waals surface area contributed by atoms with Crippen molar-refractivity contribution in [3.8, 4) is 5.75 Å². The number of hydrogen-bond acceptors (Lipinski definition) is 2. The van der Waals surface area contributed by atoms with Gasteiger partial charge < -0.3 is 9.84 Å². The number of methoxy groups -OCH3 is 1. The maximum absolute atomic E-state index is 9.84. The molecule has 0 aromatic heterocycles. The fraction of sp³-hybridized carbons (Fsp3) is 0.455. The summed E-state index contributed by atoms with van der Waals surface area (Å²) in [5.74, 6) is 0.762. The zero-order valence-corrected chi connectivity index (χ0v) is 10.0. The lowest BCUT2D eigenvalue weighted by Gasteiger charge is -2.13. The van der Waals surface area contributed by atoms with Crippen molar-refractivity contribution in [1.29, 1.82) is 0 Å². The molecular formula is C11H15BrO2. The summed E-state index contributed by atoms with van der Waals surface area (Å²) in [5, 5.41) is 9.84. The molecule has 1 atom stereocenters. The van der Waals surface area contributed by atoms with Gasteiger partial charge in [-0.15, -0.1) is 0 Å². The molecule has 0 aliphatic rings. The highest BCUT2D eigenvalue weighted by atomic mass is 79.9. The first-order valence-electron chi connectivity index (χ1n) is 4.71. The second kappa shape index (κ2) is 5.37. The van der Waals surface area contributed by atoms with Crippen LogP contribution in [0.1, 0.15) is 31.4 Å². The van der Waals surface area contributed by atoms with Crippen LogP contribution >= 0.6 is 15.9 Å². The quantitative estimate of drug-likeness (QED) is 0.899. The van der Waals surface area contributed by atoms with Crippen LogP contribution in [0.5, 0.6) is 5.75 Å². The average Bonchev–Trinajstić information content (AvgIpc) is 2.18. The zero-order valence-electron chi connectivity index (χ0n) is 8.46. The van der Waals surface area contributed by atoms with E-state index in [4.69, 9.17) is 4.74 Å². The fourth-order valence-electron chi connectivity index (χ4n) is 1.37. The number of ether oxygens (including phenoxy) is 1. The molecule has 1 aromatic carbocycles. The van der Waals surface area contributed by atoms with E-state index in [1.54, 1.807) is 7.11 Å². The van der Waals surface area contributed by atoms with Gasteiger partial charge in [0.1, 0.15) is 5.75 Å². The Hall–Kier alpha value is -0.540. The molecule has 0 aliphatic carbocycles. The van der Waals surface area contributed by atoms with Crippen LogP contribution in [0, 0.1) is 0 Å². The van der Waals surface area contributed by atoms with Crippen molar-refractivity contribution in [2.24, 2.45) is 0 Å². The first kappa shape index (κ1) is 11.5. The Bertz CT molecular complexity index is 299. The summed E-state index contributed by atoms with van der Waals surface area (Å²) in [6.07, 6.45) is 1.32. The van der Waals surface area contributed by atoms with Crippen LogP contribution in [0.25, 0.3) is 0 Å². The van der Waals surface area contributed by atoms with Crippen molar-refractivity contribution in [2.75, 3.05) is 7.11 Å². The average molecular weight is 259 g/mol. The maximum Gasteiger partial charge on any atom is 0.133 e. The molecule has 2 nitrogen and oxygen atoms in total. The number of halogens is 1. The molecule has 1 aromatic rings. The number of aliphatic hydroxyl groups is 1. The van der Waals surface area contributed by atoms with Gasteiger partial charge in [0.2, 0.25) is 0 Å². The maximum atomic E-state index is 9.84. The summed E-state index contributed by atoms with van der Waals surface area (Å²) in [6.45, 7) is 2.05. The highest BCUT2D eigenvalue weighted by molar-refractivity contribution is 9.10. The smallest absolute Gasteiger partial charge is 0.133 e. The third-order valence-corrected chi connectivity index (χ3v) is 2.98. The molecule has 0 heterocycles. The number of rotatable bonds is 4. The summed E-state index contributed by atoms with van der Waals surface area (Å²) in [7, 11) is 1.62. The SMILES string of the molecule is CCC[C@H](O)c1cccc(OC)c1Br. The first-order chi connectivity index (χ1) is 6.70. The van der Waals surface area contributed by atoms with E-state index in [1.165, 1.54) is 0 Å². The van der Waals surface area contributed by atoms with Crippen LogP contribution < -0.4 is 4.74 Å². The normalized spacial score (nSPS) is 12.6. The lowest BCUT2D eigenvalue weighted by molar-refractivity contribution is 0.165. The summed E-state index contributed by atoms with van der Waals surface area (Å²) < 4.78 is 6.01. The predicted octanol–water partition coefficient (Wildman–Crippen LogP) is 3.29. The van der Waals surface area contributed by atoms with Crippen LogP contribution in [0.2, 0.25) is 0 Å². The highest BCUT2D eigenvalue weighted by Gasteiger charge is 2.12. The molecule has 0 bridgehead atoms. The van der Waals surface area contributed by atoms with E-state index in [0.29, 0.717) is 0 Å². The number of aliphatic hydroxyl groups excluding tert-OH is 1. The van der Waals surface area contributed by atoms with E-state index in [9.17, 15) is 5.11 Å². The van der Waals surface area contributed by atoms with E-state index in [0.717, 1.165) is 28.6 Å². The van der Waals surface area contributed by atoms with Gasteiger partial charge in [0.25, 0.3) is 0 Å². The Morgan fingerprint density at radius 3 is 2.79 bits per heavy atom. The molecule has 0 fully saturated rings. The van der Waals surface area contributed by atoms with Crippen molar-refractivity contribution in [2.45, 2.75) is 25.9 Å². The third kappa shape index (κ3) is 2.49. The minimum absolute atomic E-state index is 0.413. The monoisotopic (exact) mass is 258 g/mol. The van der Waals surface area contributed by atoms with Crippen molar-refractivity contribution in [3.63, 3.8) is 0 Å². The molecule has 78 valence electrons. The Kier molecular flexibility index (Phi) is 4.42. The zero-order chi connectivity index (χ0) is 10.6.